The lowest BCUT2D eigenvalue weighted by atomic mass is 10.1. The average Bonchev–Trinajstić information content (AvgIpc) is 2.46. The molecule has 21 heavy (non-hydrogen) atoms. The first kappa shape index (κ1) is 15.5. The third kappa shape index (κ3) is 3.80. The van der Waals surface area contributed by atoms with E-state index >= 15 is 0 Å². The number of benzene rings is 2. The summed E-state index contributed by atoms with van der Waals surface area (Å²) >= 11 is 3.23. The molecular weight excluding hydrogens is 336 g/mol. The molecule has 0 radical (unpaired) electrons. The van der Waals surface area contributed by atoms with Crippen molar-refractivity contribution >= 4 is 21.6 Å². The summed E-state index contributed by atoms with van der Waals surface area (Å²) in [6.45, 7) is 1.98. The van der Waals surface area contributed by atoms with Gasteiger partial charge in [-0.1, -0.05) is 34.1 Å². The maximum absolute atomic E-state index is 11.1. The van der Waals surface area contributed by atoms with E-state index in [2.05, 4.69) is 15.9 Å². The van der Waals surface area contributed by atoms with Crippen molar-refractivity contribution in [3.05, 3.63) is 68.2 Å². The maximum Gasteiger partial charge on any atom is 0.277 e. The number of nitro groups is 1. The van der Waals surface area contributed by atoms with Crippen LogP contribution in [0.4, 0.5) is 5.69 Å². The molecule has 2 aromatic rings. The van der Waals surface area contributed by atoms with E-state index in [4.69, 9.17) is 10.5 Å². The fourth-order valence-corrected chi connectivity index (χ4v) is 2.32. The number of nitro benzene ring substituents is 1. The molecule has 2 N–H and O–H groups in total. The van der Waals surface area contributed by atoms with Crippen molar-refractivity contribution in [3.8, 4) is 5.75 Å². The first-order valence-electron chi connectivity index (χ1n) is 6.39. The SMILES string of the molecule is CC(N)c1ccccc1OCc1ccc(Br)cc1[N+](=O)[O-]. The van der Waals surface area contributed by atoms with Crippen LogP contribution in [-0.2, 0) is 6.61 Å². The van der Waals surface area contributed by atoms with Gasteiger partial charge in [0.25, 0.3) is 5.69 Å². The van der Waals surface area contributed by atoms with Gasteiger partial charge in [-0.25, -0.2) is 0 Å². The van der Waals surface area contributed by atoms with Crippen molar-refractivity contribution in [2.24, 2.45) is 5.73 Å². The Labute approximate surface area is 131 Å². The van der Waals surface area contributed by atoms with Crippen LogP contribution in [0.25, 0.3) is 0 Å². The second-order valence-electron chi connectivity index (χ2n) is 4.65. The Morgan fingerprint density at radius 3 is 2.71 bits per heavy atom. The van der Waals surface area contributed by atoms with Crippen LogP contribution in [0.5, 0.6) is 5.75 Å². The van der Waals surface area contributed by atoms with Gasteiger partial charge in [-0.15, -0.1) is 0 Å². The first-order chi connectivity index (χ1) is 9.99. The van der Waals surface area contributed by atoms with Crippen molar-refractivity contribution in [1.82, 2.24) is 0 Å². The monoisotopic (exact) mass is 350 g/mol. The van der Waals surface area contributed by atoms with Crippen LogP contribution in [0.2, 0.25) is 0 Å². The zero-order chi connectivity index (χ0) is 15.4. The second-order valence-corrected chi connectivity index (χ2v) is 5.56. The van der Waals surface area contributed by atoms with Crippen LogP contribution < -0.4 is 10.5 Å². The number of hydrogen-bond acceptors (Lipinski definition) is 4. The van der Waals surface area contributed by atoms with Gasteiger partial charge < -0.3 is 10.5 Å². The van der Waals surface area contributed by atoms with Gasteiger partial charge in [-0.05, 0) is 25.1 Å². The summed E-state index contributed by atoms with van der Waals surface area (Å²) < 4.78 is 6.38. The van der Waals surface area contributed by atoms with Gasteiger partial charge in [0.1, 0.15) is 12.4 Å². The summed E-state index contributed by atoms with van der Waals surface area (Å²) in [6.07, 6.45) is 0. The highest BCUT2D eigenvalue weighted by atomic mass is 79.9. The number of ether oxygens (including phenoxy) is 1. The smallest absolute Gasteiger partial charge is 0.277 e. The molecule has 0 bridgehead atoms. The number of para-hydroxylation sites is 1. The molecular formula is C15H15BrN2O3. The van der Waals surface area contributed by atoms with Crippen molar-refractivity contribution in [2.45, 2.75) is 19.6 Å². The molecule has 6 heteroatoms. The molecule has 110 valence electrons. The predicted molar refractivity (Wildman–Crippen MR) is 84.2 cm³/mol. The quantitative estimate of drug-likeness (QED) is 0.653. The van der Waals surface area contributed by atoms with E-state index in [1.54, 1.807) is 12.1 Å². The van der Waals surface area contributed by atoms with E-state index < -0.39 is 4.92 Å². The van der Waals surface area contributed by atoms with Gasteiger partial charge in [0.05, 0.1) is 10.5 Å². The number of nitrogens with zero attached hydrogens (tertiary/aromatic N) is 1. The van der Waals surface area contributed by atoms with Crippen LogP contribution >= 0.6 is 15.9 Å². The Balaban J connectivity index is 2.23. The minimum absolute atomic E-state index is 0.0302. The molecule has 2 rings (SSSR count). The van der Waals surface area contributed by atoms with E-state index in [1.807, 2.05) is 31.2 Å². The third-order valence-corrected chi connectivity index (χ3v) is 3.53. The number of rotatable bonds is 5. The van der Waals surface area contributed by atoms with E-state index in [0.717, 1.165) is 5.56 Å². The van der Waals surface area contributed by atoms with Gasteiger partial charge in [-0.2, -0.15) is 0 Å². The highest BCUT2D eigenvalue weighted by Gasteiger charge is 2.15. The van der Waals surface area contributed by atoms with E-state index in [1.165, 1.54) is 6.07 Å². The summed E-state index contributed by atoms with van der Waals surface area (Å²) in [5, 5.41) is 11.1. The summed E-state index contributed by atoms with van der Waals surface area (Å²) in [4.78, 5) is 10.7. The predicted octanol–water partition coefficient (Wildman–Crippen LogP) is 3.96. The molecule has 0 saturated carbocycles. The number of hydrogen-bond donors (Lipinski definition) is 1. The van der Waals surface area contributed by atoms with E-state index in [0.29, 0.717) is 15.8 Å². The van der Waals surface area contributed by atoms with Crippen molar-refractivity contribution < 1.29 is 9.66 Å². The third-order valence-electron chi connectivity index (χ3n) is 3.04. The molecule has 0 aromatic heterocycles. The van der Waals surface area contributed by atoms with Gasteiger partial charge in [0.15, 0.2) is 0 Å². The highest BCUT2D eigenvalue weighted by molar-refractivity contribution is 9.10. The molecule has 0 spiro atoms. The van der Waals surface area contributed by atoms with Gasteiger partial charge in [-0.3, -0.25) is 10.1 Å². The molecule has 1 atom stereocenters. The van der Waals surface area contributed by atoms with Crippen LogP contribution in [0, 0.1) is 10.1 Å². The number of nitrogens with two attached hydrogens (primary N) is 1. The Kier molecular flexibility index (Phi) is 4.93. The fraction of sp³-hybridized carbons (Fsp3) is 0.200. The van der Waals surface area contributed by atoms with E-state index in [-0.39, 0.29) is 18.3 Å². The summed E-state index contributed by atoms with van der Waals surface area (Å²) in [7, 11) is 0. The zero-order valence-electron chi connectivity index (χ0n) is 11.5. The molecule has 0 fully saturated rings. The Morgan fingerprint density at radius 1 is 1.33 bits per heavy atom. The minimum atomic E-state index is -0.416. The Morgan fingerprint density at radius 2 is 2.05 bits per heavy atom. The normalized spacial score (nSPS) is 12.0. The van der Waals surface area contributed by atoms with Crippen LogP contribution in [-0.4, -0.2) is 4.92 Å². The standard InChI is InChI=1S/C15H15BrN2O3/c1-10(17)13-4-2-3-5-15(13)21-9-11-6-7-12(16)8-14(11)18(19)20/h2-8,10H,9,17H2,1H3. The minimum Gasteiger partial charge on any atom is -0.488 e. The molecule has 0 aliphatic rings. The van der Waals surface area contributed by atoms with Gasteiger partial charge in [0, 0.05) is 22.1 Å². The molecule has 5 nitrogen and oxygen atoms in total. The second kappa shape index (κ2) is 6.69. The summed E-state index contributed by atoms with van der Waals surface area (Å²) in [5.41, 5.74) is 7.31. The molecule has 1 unspecified atom stereocenters. The highest BCUT2D eigenvalue weighted by Crippen LogP contribution is 2.27. The molecule has 0 aliphatic carbocycles. The lowest BCUT2D eigenvalue weighted by Crippen LogP contribution is -2.08. The summed E-state index contributed by atoms with van der Waals surface area (Å²) in [6, 6.07) is 12.2. The molecule has 0 saturated heterocycles. The fourth-order valence-electron chi connectivity index (χ4n) is 1.97. The van der Waals surface area contributed by atoms with Gasteiger partial charge >= 0.3 is 0 Å². The maximum atomic E-state index is 11.1. The van der Waals surface area contributed by atoms with Crippen LogP contribution in [0.1, 0.15) is 24.1 Å². The van der Waals surface area contributed by atoms with Crippen LogP contribution in [0.3, 0.4) is 0 Å². The zero-order valence-corrected chi connectivity index (χ0v) is 13.0. The summed E-state index contributed by atoms with van der Waals surface area (Å²) in [5.74, 6) is 0.643. The molecule has 0 heterocycles. The van der Waals surface area contributed by atoms with Crippen molar-refractivity contribution in [1.29, 1.82) is 0 Å². The molecule has 0 amide bonds. The van der Waals surface area contributed by atoms with Crippen LogP contribution in [0.15, 0.2) is 46.9 Å². The largest absolute Gasteiger partial charge is 0.488 e. The lowest BCUT2D eigenvalue weighted by molar-refractivity contribution is -0.385. The van der Waals surface area contributed by atoms with Crippen molar-refractivity contribution in [3.63, 3.8) is 0 Å². The topological polar surface area (TPSA) is 78.4 Å². The number of halogens is 1. The van der Waals surface area contributed by atoms with Gasteiger partial charge in [0.2, 0.25) is 0 Å². The van der Waals surface area contributed by atoms with Crippen molar-refractivity contribution in [2.75, 3.05) is 0 Å². The van der Waals surface area contributed by atoms with E-state index in [9.17, 15) is 10.1 Å². The Hall–Kier alpha value is -1.92. The first-order valence-corrected chi connectivity index (χ1v) is 7.18. The molecule has 2 aromatic carbocycles. The Bertz CT molecular complexity index is 659. The molecule has 0 aliphatic heterocycles. The lowest BCUT2D eigenvalue weighted by Gasteiger charge is -2.14. The average molecular weight is 351 g/mol.